The molecule has 1 aromatic heterocycles. The van der Waals surface area contributed by atoms with Crippen LogP contribution in [-0.4, -0.2) is 33.5 Å². The van der Waals surface area contributed by atoms with Gasteiger partial charge in [0.2, 0.25) is 0 Å². The Morgan fingerprint density at radius 2 is 1.93 bits per heavy atom. The van der Waals surface area contributed by atoms with E-state index in [1.807, 2.05) is 0 Å². The molecule has 1 fully saturated rings. The van der Waals surface area contributed by atoms with Crippen LogP contribution in [0.1, 0.15) is 42.1 Å². The largest absolute Gasteiger partial charge is 0.480 e. The molecule has 2 aromatic rings. The SMILES string of the molecule is O=C(O)C1CCCCN1C(Cc1ccccn1)c1ccccc1C(F)(F)F. The first-order chi connectivity index (χ1) is 12.9. The molecule has 7 heteroatoms. The van der Waals surface area contributed by atoms with Gasteiger partial charge in [-0.1, -0.05) is 30.7 Å². The summed E-state index contributed by atoms with van der Waals surface area (Å²) in [7, 11) is 0. The number of piperidine rings is 1. The number of hydrogen-bond acceptors (Lipinski definition) is 3. The first-order valence-corrected chi connectivity index (χ1v) is 8.92. The molecule has 2 atom stereocenters. The van der Waals surface area contributed by atoms with Gasteiger partial charge in [-0.15, -0.1) is 0 Å². The fourth-order valence-electron chi connectivity index (χ4n) is 3.76. The third-order valence-corrected chi connectivity index (χ3v) is 4.98. The summed E-state index contributed by atoms with van der Waals surface area (Å²) < 4.78 is 40.9. The van der Waals surface area contributed by atoms with Gasteiger partial charge in [-0.05, 0) is 43.1 Å². The van der Waals surface area contributed by atoms with Gasteiger partial charge in [-0.2, -0.15) is 13.2 Å². The minimum absolute atomic E-state index is 0.101. The summed E-state index contributed by atoms with van der Waals surface area (Å²) in [5.74, 6) is -0.995. The number of carboxylic acid groups (broad SMARTS) is 1. The van der Waals surface area contributed by atoms with Crippen LogP contribution < -0.4 is 0 Å². The minimum Gasteiger partial charge on any atom is -0.480 e. The van der Waals surface area contributed by atoms with Crippen molar-refractivity contribution in [3.8, 4) is 0 Å². The minimum atomic E-state index is -4.51. The van der Waals surface area contributed by atoms with E-state index in [2.05, 4.69) is 4.98 Å². The molecule has 1 aliphatic rings. The maximum atomic E-state index is 13.6. The number of carbonyl (C=O) groups is 1. The highest BCUT2D eigenvalue weighted by atomic mass is 19.4. The lowest BCUT2D eigenvalue weighted by Gasteiger charge is -2.40. The van der Waals surface area contributed by atoms with Gasteiger partial charge in [-0.3, -0.25) is 14.7 Å². The van der Waals surface area contributed by atoms with E-state index in [9.17, 15) is 23.1 Å². The van der Waals surface area contributed by atoms with Gasteiger partial charge in [0, 0.05) is 24.4 Å². The fraction of sp³-hybridized carbons (Fsp3) is 0.400. The van der Waals surface area contributed by atoms with E-state index in [0.29, 0.717) is 18.7 Å². The molecule has 1 N–H and O–H groups in total. The molecule has 27 heavy (non-hydrogen) atoms. The number of rotatable bonds is 5. The Balaban J connectivity index is 2.07. The van der Waals surface area contributed by atoms with Crippen molar-refractivity contribution in [2.24, 2.45) is 0 Å². The summed E-state index contributed by atoms with van der Waals surface area (Å²) >= 11 is 0. The van der Waals surface area contributed by atoms with Crippen molar-refractivity contribution >= 4 is 5.97 Å². The summed E-state index contributed by atoms with van der Waals surface area (Å²) in [6, 6.07) is 9.19. The van der Waals surface area contributed by atoms with E-state index >= 15 is 0 Å². The van der Waals surface area contributed by atoms with Gasteiger partial charge in [0.1, 0.15) is 6.04 Å². The highest BCUT2D eigenvalue weighted by Crippen LogP contribution is 2.39. The Bertz CT molecular complexity index is 780. The van der Waals surface area contributed by atoms with Gasteiger partial charge in [-0.25, -0.2) is 0 Å². The zero-order valence-electron chi connectivity index (χ0n) is 14.7. The summed E-state index contributed by atoms with van der Waals surface area (Å²) in [4.78, 5) is 17.7. The fourth-order valence-corrected chi connectivity index (χ4v) is 3.76. The molecule has 0 aliphatic carbocycles. The quantitative estimate of drug-likeness (QED) is 0.842. The van der Waals surface area contributed by atoms with Crippen LogP contribution in [0, 0.1) is 0 Å². The van der Waals surface area contributed by atoms with E-state index in [0.717, 1.165) is 18.9 Å². The third-order valence-electron chi connectivity index (χ3n) is 4.98. The molecule has 4 nitrogen and oxygen atoms in total. The maximum absolute atomic E-state index is 13.6. The Hall–Kier alpha value is -2.41. The molecular formula is C20H21F3N2O2. The zero-order valence-corrected chi connectivity index (χ0v) is 14.7. The standard InChI is InChI=1S/C20H21F3N2O2/c21-20(22,23)16-9-2-1-8-15(16)18(13-14-7-3-5-11-24-14)25-12-6-4-10-17(25)19(26)27/h1-3,5,7-9,11,17-18H,4,6,10,12-13H2,(H,26,27). The Kier molecular flexibility index (Phi) is 5.79. The van der Waals surface area contributed by atoms with Crippen molar-refractivity contribution < 1.29 is 23.1 Å². The number of halogens is 3. The molecule has 0 saturated carbocycles. The number of hydrogen-bond donors (Lipinski definition) is 1. The van der Waals surface area contributed by atoms with Crippen LogP contribution in [0.2, 0.25) is 0 Å². The molecule has 1 saturated heterocycles. The van der Waals surface area contributed by atoms with Gasteiger partial charge < -0.3 is 5.11 Å². The van der Waals surface area contributed by atoms with Crippen molar-refractivity contribution in [1.82, 2.24) is 9.88 Å². The maximum Gasteiger partial charge on any atom is 0.416 e. The number of nitrogens with zero attached hydrogens (tertiary/aromatic N) is 2. The number of benzene rings is 1. The van der Waals surface area contributed by atoms with Crippen LogP contribution in [0.25, 0.3) is 0 Å². The topological polar surface area (TPSA) is 53.4 Å². The molecule has 1 aliphatic heterocycles. The number of alkyl halides is 3. The number of carboxylic acids is 1. The van der Waals surface area contributed by atoms with Crippen LogP contribution in [0.15, 0.2) is 48.7 Å². The lowest BCUT2D eigenvalue weighted by atomic mass is 9.90. The molecular weight excluding hydrogens is 357 g/mol. The summed E-state index contributed by atoms with van der Waals surface area (Å²) in [6.07, 6.45) is -0.748. The lowest BCUT2D eigenvalue weighted by molar-refractivity contribution is -0.146. The Labute approximate surface area is 155 Å². The van der Waals surface area contributed by atoms with Gasteiger partial charge in [0.05, 0.1) is 5.56 Å². The Morgan fingerprint density at radius 1 is 1.19 bits per heavy atom. The van der Waals surface area contributed by atoms with Gasteiger partial charge >= 0.3 is 12.1 Å². The molecule has 2 unspecified atom stereocenters. The molecule has 144 valence electrons. The number of likely N-dealkylation sites (tertiary alicyclic amines) is 1. The van der Waals surface area contributed by atoms with Crippen molar-refractivity contribution in [3.05, 3.63) is 65.5 Å². The van der Waals surface area contributed by atoms with Crippen LogP contribution >= 0.6 is 0 Å². The van der Waals surface area contributed by atoms with Gasteiger partial charge in [0.15, 0.2) is 0 Å². The van der Waals surface area contributed by atoms with Crippen LogP contribution in [0.3, 0.4) is 0 Å². The zero-order chi connectivity index (χ0) is 19.4. The summed E-state index contributed by atoms with van der Waals surface area (Å²) in [5.41, 5.74) is 0.0126. The van der Waals surface area contributed by atoms with Crippen molar-refractivity contribution in [3.63, 3.8) is 0 Å². The molecule has 0 amide bonds. The second-order valence-corrected chi connectivity index (χ2v) is 6.71. The smallest absolute Gasteiger partial charge is 0.416 e. The van der Waals surface area contributed by atoms with E-state index in [1.54, 1.807) is 35.4 Å². The predicted molar refractivity (Wildman–Crippen MR) is 94.1 cm³/mol. The molecule has 1 aromatic carbocycles. The number of pyridine rings is 1. The first kappa shape index (κ1) is 19.4. The van der Waals surface area contributed by atoms with Gasteiger partial charge in [0.25, 0.3) is 0 Å². The summed E-state index contributed by atoms with van der Waals surface area (Å²) in [6.45, 7) is 0.445. The Morgan fingerprint density at radius 3 is 2.59 bits per heavy atom. The van der Waals surface area contributed by atoms with E-state index in [4.69, 9.17) is 0 Å². The molecule has 0 radical (unpaired) electrons. The predicted octanol–water partition coefficient (Wildman–Crippen LogP) is 4.32. The summed E-state index contributed by atoms with van der Waals surface area (Å²) in [5, 5.41) is 9.62. The highest BCUT2D eigenvalue weighted by Gasteiger charge is 2.40. The first-order valence-electron chi connectivity index (χ1n) is 8.92. The van der Waals surface area contributed by atoms with Crippen molar-refractivity contribution in [1.29, 1.82) is 0 Å². The highest BCUT2D eigenvalue weighted by molar-refractivity contribution is 5.73. The van der Waals surface area contributed by atoms with Crippen LogP contribution in [0.5, 0.6) is 0 Å². The number of aliphatic carboxylic acids is 1. The molecule has 3 rings (SSSR count). The average Bonchev–Trinajstić information content (AvgIpc) is 2.66. The molecule has 2 heterocycles. The van der Waals surface area contributed by atoms with Crippen molar-refractivity contribution in [2.45, 2.75) is 43.9 Å². The third kappa shape index (κ3) is 4.47. The normalized spacial score (nSPS) is 19.6. The molecule has 0 bridgehead atoms. The monoisotopic (exact) mass is 378 g/mol. The van der Waals surface area contributed by atoms with E-state index < -0.39 is 29.8 Å². The van der Waals surface area contributed by atoms with Crippen LogP contribution in [-0.2, 0) is 17.4 Å². The second kappa shape index (κ2) is 8.08. The van der Waals surface area contributed by atoms with Crippen LogP contribution in [0.4, 0.5) is 13.2 Å². The second-order valence-electron chi connectivity index (χ2n) is 6.71. The van der Waals surface area contributed by atoms with Crippen molar-refractivity contribution in [2.75, 3.05) is 6.54 Å². The van der Waals surface area contributed by atoms with E-state index in [1.165, 1.54) is 12.1 Å². The molecule has 0 spiro atoms. The lowest BCUT2D eigenvalue weighted by Crippen LogP contribution is -2.47. The number of aromatic nitrogens is 1. The van der Waals surface area contributed by atoms with E-state index in [-0.39, 0.29) is 12.0 Å². The average molecular weight is 378 g/mol.